The number of carbonyl (C=O) groups excluding carboxylic acids is 2. The van der Waals surface area contributed by atoms with Crippen molar-refractivity contribution in [2.75, 3.05) is 40.5 Å². The molecule has 0 aliphatic rings. The molecule has 55 heavy (non-hydrogen) atoms. The number of carbonyl (C=O) groups is 2. The van der Waals surface area contributed by atoms with Crippen LogP contribution in [-0.4, -0.2) is 68.3 Å². The zero-order chi connectivity index (χ0) is 40.5. The first kappa shape index (κ1) is 52.5. The van der Waals surface area contributed by atoms with Crippen LogP contribution in [-0.2, 0) is 32.7 Å². The maximum Gasteiger partial charge on any atom is 0.472 e. The second-order valence-electron chi connectivity index (χ2n) is 14.1. The Bertz CT molecular complexity index is 1140. The molecule has 2 unspecified atom stereocenters. The molecule has 0 aromatic rings. The van der Waals surface area contributed by atoms with Crippen molar-refractivity contribution in [3.8, 4) is 0 Å². The normalized spacial score (nSPS) is 14.1. The molecular weight excluding hydrogens is 713 g/mol. The molecule has 0 saturated heterocycles. The number of allylic oxidation sites excluding steroid dienone is 12. The predicted molar refractivity (Wildman–Crippen MR) is 229 cm³/mol. The number of likely N-dealkylation sites (N-methyl/N-ethyl adjacent to an activating group) is 1. The second-order valence-corrected chi connectivity index (χ2v) is 15.6. The van der Waals surface area contributed by atoms with Crippen LogP contribution in [0.15, 0.2) is 72.9 Å². The smallest absolute Gasteiger partial charge is 0.462 e. The van der Waals surface area contributed by atoms with E-state index >= 15 is 0 Å². The van der Waals surface area contributed by atoms with Crippen LogP contribution < -0.4 is 0 Å². The highest BCUT2D eigenvalue weighted by atomic mass is 31.2. The number of phosphoric acid groups is 1. The minimum atomic E-state index is -4.37. The maximum atomic E-state index is 12.6. The van der Waals surface area contributed by atoms with Crippen molar-refractivity contribution in [2.24, 2.45) is 0 Å². The monoisotopic (exact) mass is 792 g/mol. The van der Waals surface area contributed by atoms with Crippen molar-refractivity contribution in [2.45, 2.75) is 161 Å². The summed E-state index contributed by atoms with van der Waals surface area (Å²) in [4.78, 5) is 37.0. The van der Waals surface area contributed by atoms with E-state index in [0.717, 1.165) is 83.5 Å². The Labute approximate surface area is 336 Å². The van der Waals surface area contributed by atoms with Crippen molar-refractivity contribution in [3.05, 3.63) is 72.9 Å². The Morgan fingerprint density at radius 1 is 0.582 bits per heavy atom. The molecule has 0 aliphatic heterocycles. The van der Waals surface area contributed by atoms with Gasteiger partial charge in [0.2, 0.25) is 0 Å². The first-order valence-corrected chi connectivity index (χ1v) is 22.7. The molecule has 9 nitrogen and oxygen atoms in total. The van der Waals surface area contributed by atoms with E-state index in [1.807, 2.05) is 19.0 Å². The van der Waals surface area contributed by atoms with Gasteiger partial charge in [-0.2, -0.15) is 0 Å². The molecule has 0 radical (unpaired) electrons. The maximum absolute atomic E-state index is 12.6. The molecule has 0 bridgehead atoms. The van der Waals surface area contributed by atoms with Gasteiger partial charge in [0.15, 0.2) is 6.10 Å². The van der Waals surface area contributed by atoms with Crippen LogP contribution in [0, 0.1) is 0 Å². The van der Waals surface area contributed by atoms with Gasteiger partial charge >= 0.3 is 19.8 Å². The zero-order valence-corrected chi connectivity index (χ0v) is 36.0. The fourth-order valence-electron chi connectivity index (χ4n) is 5.24. The fourth-order valence-corrected chi connectivity index (χ4v) is 5.98. The van der Waals surface area contributed by atoms with E-state index in [1.54, 1.807) is 0 Å². The lowest BCUT2D eigenvalue weighted by Crippen LogP contribution is -2.29. The second kappa shape index (κ2) is 39.7. The van der Waals surface area contributed by atoms with Gasteiger partial charge in [0.25, 0.3) is 0 Å². The van der Waals surface area contributed by atoms with Gasteiger partial charge in [0, 0.05) is 19.4 Å². The number of hydrogen-bond donors (Lipinski definition) is 1. The van der Waals surface area contributed by atoms with Crippen LogP contribution >= 0.6 is 7.82 Å². The minimum Gasteiger partial charge on any atom is -0.462 e. The van der Waals surface area contributed by atoms with E-state index in [2.05, 4.69) is 86.8 Å². The van der Waals surface area contributed by atoms with E-state index in [1.165, 1.54) is 32.1 Å². The highest BCUT2D eigenvalue weighted by molar-refractivity contribution is 7.47. The largest absolute Gasteiger partial charge is 0.472 e. The van der Waals surface area contributed by atoms with Gasteiger partial charge in [-0.05, 0) is 97.6 Å². The average Bonchev–Trinajstić information content (AvgIpc) is 3.15. The number of nitrogens with zero attached hydrogens (tertiary/aromatic N) is 1. The average molecular weight is 792 g/mol. The molecule has 1 N–H and O–H groups in total. The molecule has 0 aromatic carbocycles. The Morgan fingerprint density at radius 2 is 1.04 bits per heavy atom. The van der Waals surface area contributed by atoms with Crippen molar-refractivity contribution >= 4 is 19.8 Å². The van der Waals surface area contributed by atoms with Crippen LogP contribution in [0.25, 0.3) is 0 Å². The summed E-state index contributed by atoms with van der Waals surface area (Å²) in [5.41, 5.74) is 0. The van der Waals surface area contributed by atoms with E-state index in [9.17, 15) is 19.0 Å². The molecule has 0 spiro atoms. The van der Waals surface area contributed by atoms with Crippen LogP contribution in [0.2, 0.25) is 0 Å². The van der Waals surface area contributed by atoms with Gasteiger partial charge in [-0.1, -0.05) is 132 Å². The molecule has 316 valence electrons. The van der Waals surface area contributed by atoms with Crippen molar-refractivity contribution in [3.63, 3.8) is 0 Å². The van der Waals surface area contributed by atoms with Crippen LogP contribution in [0.5, 0.6) is 0 Å². The summed E-state index contributed by atoms with van der Waals surface area (Å²) in [6, 6.07) is 0. The predicted octanol–water partition coefficient (Wildman–Crippen LogP) is 12.1. The number of ether oxygens (including phenoxy) is 2. The van der Waals surface area contributed by atoms with Crippen molar-refractivity contribution in [1.82, 2.24) is 4.90 Å². The first-order chi connectivity index (χ1) is 26.7. The van der Waals surface area contributed by atoms with Crippen molar-refractivity contribution in [1.29, 1.82) is 0 Å². The molecular formula is C45H78NO8P. The highest BCUT2D eigenvalue weighted by Crippen LogP contribution is 2.43. The number of esters is 2. The molecule has 0 saturated carbocycles. The summed E-state index contributed by atoms with van der Waals surface area (Å²) in [6.45, 7) is 4.12. The Balaban J connectivity index is 4.38. The van der Waals surface area contributed by atoms with Gasteiger partial charge in [-0.15, -0.1) is 0 Å². The van der Waals surface area contributed by atoms with E-state index in [4.69, 9.17) is 18.5 Å². The minimum absolute atomic E-state index is 0.00334. The molecule has 0 aliphatic carbocycles. The number of phosphoric ester groups is 1. The van der Waals surface area contributed by atoms with E-state index < -0.39 is 32.5 Å². The highest BCUT2D eigenvalue weighted by Gasteiger charge is 2.26. The third kappa shape index (κ3) is 40.9. The molecule has 0 aromatic heterocycles. The summed E-state index contributed by atoms with van der Waals surface area (Å²) in [7, 11) is -0.740. The van der Waals surface area contributed by atoms with Crippen molar-refractivity contribution < 1.29 is 37.6 Å². The Morgan fingerprint density at radius 3 is 1.58 bits per heavy atom. The summed E-state index contributed by atoms with van der Waals surface area (Å²) in [5.74, 6) is -0.858. The quantitative estimate of drug-likeness (QED) is 0.0283. The lowest BCUT2D eigenvalue weighted by Gasteiger charge is -2.20. The van der Waals surface area contributed by atoms with Crippen LogP contribution in [0.3, 0.4) is 0 Å². The molecule has 0 amide bonds. The zero-order valence-electron chi connectivity index (χ0n) is 35.1. The lowest BCUT2D eigenvalue weighted by atomic mass is 10.1. The SMILES string of the molecule is CC/C=C\C/C=C\C/C=C\C/C=C\C/C=C\CCCCCC(=O)OCC(COP(=O)(O)OCCN(C)C)OC(=O)CCCCCCC/C=C\CCCCCC. The fraction of sp³-hybridized carbons (Fsp3) is 0.689. The van der Waals surface area contributed by atoms with Gasteiger partial charge in [-0.3, -0.25) is 18.6 Å². The third-order valence-electron chi connectivity index (χ3n) is 8.50. The Hall–Kier alpha value is -2.55. The molecule has 10 heteroatoms. The molecule has 0 heterocycles. The van der Waals surface area contributed by atoms with Gasteiger partial charge in [0.1, 0.15) is 6.61 Å². The van der Waals surface area contributed by atoms with E-state index in [-0.39, 0.29) is 26.1 Å². The summed E-state index contributed by atoms with van der Waals surface area (Å²) in [6.07, 6.45) is 46.6. The summed E-state index contributed by atoms with van der Waals surface area (Å²) in [5, 5.41) is 0. The van der Waals surface area contributed by atoms with Crippen LogP contribution in [0.4, 0.5) is 0 Å². The molecule has 0 fully saturated rings. The van der Waals surface area contributed by atoms with Gasteiger partial charge < -0.3 is 19.3 Å². The molecule has 0 rings (SSSR count). The standard InChI is InChI=1S/C45H78NO8P/c1-5-7-9-11-13-15-17-19-20-21-22-23-24-26-27-29-31-33-35-37-44(47)51-41-43(42-53-55(49,50)52-40-39-46(3)4)54-45(48)38-36-34-32-30-28-25-18-16-14-12-10-8-6-2/h7,9,13,15-16,18-20,22-23,26-27,43H,5-6,8,10-12,14,17,21,24-25,28-42H2,1-4H3,(H,49,50)/b9-7-,15-13-,18-16-,20-19-,23-22-,27-26-. The summed E-state index contributed by atoms with van der Waals surface area (Å²) < 4.78 is 33.4. The lowest BCUT2D eigenvalue weighted by molar-refractivity contribution is -0.161. The summed E-state index contributed by atoms with van der Waals surface area (Å²) >= 11 is 0. The van der Waals surface area contributed by atoms with Crippen LogP contribution in [0.1, 0.15) is 155 Å². The third-order valence-corrected chi connectivity index (χ3v) is 9.48. The number of hydrogen-bond acceptors (Lipinski definition) is 8. The number of rotatable bonds is 38. The molecule has 2 atom stereocenters. The van der Waals surface area contributed by atoms with Gasteiger partial charge in [0.05, 0.1) is 13.2 Å². The number of unbranched alkanes of at least 4 members (excludes halogenated alkanes) is 12. The van der Waals surface area contributed by atoms with Gasteiger partial charge in [-0.25, -0.2) is 4.57 Å². The van der Waals surface area contributed by atoms with E-state index in [0.29, 0.717) is 19.4 Å². The topological polar surface area (TPSA) is 112 Å². The first-order valence-electron chi connectivity index (χ1n) is 21.2. The Kier molecular flexibility index (Phi) is 37.8.